The molecule has 4 N–H and O–H groups in total. The number of methoxy groups -OCH3 is 2. The highest BCUT2D eigenvalue weighted by Gasteiger charge is 2.63. The lowest BCUT2D eigenvalue weighted by atomic mass is 9.80. The first-order chi connectivity index (χ1) is 24.0. The van der Waals surface area contributed by atoms with E-state index in [0.29, 0.717) is 17.9 Å². The molecule has 1 aromatic rings. The standard InChI is InChI=1S/C36H51ClN4O10/c1-20-10-9-11-28(48-8)36(46)18-27(50-34(45)39-36)21(2)32-35(4,51-32)24(19-49-33(44)22(3)40(5)29(42)12-13-38)17-30(43)41(6)25-15-23(14-20)16-26(47-7)31(25)37/h9-11,15-16,21-22,24,27-28,32,46H,12-14,17-19,38H2,1-8H3,(H,39,45)/b11-9+,20-10+/t21-,22+,24?,27+,28-,32+,35+,36+/m1/s1. The molecule has 8 atom stereocenters. The van der Waals surface area contributed by atoms with Crippen LogP contribution in [0.15, 0.2) is 35.9 Å². The summed E-state index contributed by atoms with van der Waals surface area (Å²) in [5.41, 5.74) is 4.91. The number of halogens is 1. The number of amides is 3. The van der Waals surface area contributed by atoms with Crippen LogP contribution < -0.4 is 20.7 Å². The van der Waals surface area contributed by atoms with Crippen LogP contribution in [0.2, 0.25) is 5.02 Å². The summed E-state index contributed by atoms with van der Waals surface area (Å²) in [6.45, 7) is 7.05. The summed E-state index contributed by atoms with van der Waals surface area (Å²) in [6, 6.07) is 2.71. The second-order valence-corrected chi connectivity index (χ2v) is 14.2. The van der Waals surface area contributed by atoms with Gasteiger partial charge in [-0.15, -0.1) is 0 Å². The predicted molar refractivity (Wildman–Crippen MR) is 189 cm³/mol. The van der Waals surface area contributed by atoms with Crippen LogP contribution >= 0.6 is 11.6 Å². The molecule has 3 aliphatic heterocycles. The average Bonchev–Trinajstić information content (AvgIpc) is 3.78. The molecule has 282 valence electrons. The van der Waals surface area contributed by atoms with Gasteiger partial charge in [-0.05, 0) is 44.9 Å². The number of nitrogens with two attached hydrogens (primary N) is 1. The third kappa shape index (κ3) is 8.86. The Balaban J connectivity index is 1.73. The van der Waals surface area contributed by atoms with Crippen LogP contribution in [0.5, 0.6) is 5.75 Å². The van der Waals surface area contributed by atoms with Crippen LogP contribution in [0.25, 0.3) is 0 Å². The Bertz CT molecular complexity index is 1550. The second-order valence-electron chi connectivity index (χ2n) is 13.8. The van der Waals surface area contributed by atoms with Crippen molar-refractivity contribution >= 4 is 41.2 Å². The number of hydrogen-bond acceptors (Lipinski definition) is 11. The Hall–Kier alpha value is -3.69. The molecule has 0 saturated carbocycles. The third-order valence-corrected chi connectivity index (χ3v) is 10.7. The van der Waals surface area contributed by atoms with Gasteiger partial charge in [0.15, 0.2) is 5.72 Å². The molecule has 2 saturated heterocycles. The lowest BCUT2D eigenvalue weighted by molar-refractivity contribution is -0.155. The Morgan fingerprint density at radius 2 is 1.98 bits per heavy atom. The molecular weight excluding hydrogens is 684 g/mol. The fourth-order valence-electron chi connectivity index (χ4n) is 6.77. The minimum atomic E-state index is -1.80. The van der Waals surface area contributed by atoms with Crippen molar-refractivity contribution in [1.29, 1.82) is 0 Å². The van der Waals surface area contributed by atoms with Gasteiger partial charge in [-0.1, -0.05) is 42.3 Å². The summed E-state index contributed by atoms with van der Waals surface area (Å²) in [6.07, 6.45) is 2.61. The van der Waals surface area contributed by atoms with E-state index in [0.717, 1.165) is 11.1 Å². The van der Waals surface area contributed by atoms with E-state index in [-0.39, 0.29) is 49.3 Å². The topological polar surface area (TPSA) is 182 Å². The summed E-state index contributed by atoms with van der Waals surface area (Å²) < 4.78 is 28.9. The van der Waals surface area contributed by atoms with Crippen molar-refractivity contribution in [1.82, 2.24) is 10.2 Å². The van der Waals surface area contributed by atoms with Crippen molar-refractivity contribution in [3.05, 3.63) is 46.5 Å². The van der Waals surface area contributed by atoms with Crippen molar-refractivity contribution < 1.29 is 48.0 Å². The number of carbonyl (C=O) groups excluding carboxylic acids is 4. The van der Waals surface area contributed by atoms with Crippen LogP contribution in [0.1, 0.15) is 52.5 Å². The minimum Gasteiger partial charge on any atom is -0.495 e. The summed E-state index contributed by atoms with van der Waals surface area (Å²) in [7, 11) is 6.05. The maximum atomic E-state index is 14.1. The largest absolute Gasteiger partial charge is 0.495 e. The molecule has 0 aliphatic carbocycles. The molecule has 0 aromatic heterocycles. The zero-order valence-corrected chi connectivity index (χ0v) is 31.3. The number of aliphatic hydroxyl groups is 1. The summed E-state index contributed by atoms with van der Waals surface area (Å²) >= 11 is 6.75. The molecule has 0 radical (unpaired) electrons. The van der Waals surface area contributed by atoms with E-state index in [1.165, 1.54) is 31.1 Å². The lowest BCUT2D eigenvalue weighted by Crippen LogP contribution is -2.63. The normalized spacial score (nSPS) is 31.9. The SMILES string of the molecule is COc1cc2cc(c1Cl)N(C)C(=O)CC(COC(=O)[C@H](C)N(C)C(=O)CCN)[C@]1(C)O[C@H]1[C@H](C)[C@@H]1C[C@@](O)(NC(=O)O1)[C@H](OC)/C=C/C=C(\C)C2. The molecule has 1 unspecified atom stereocenters. The summed E-state index contributed by atoms with van der Waals surface area (Å²) in [5, 5.41) is 14.5. The van der Waals surface area contributed by atoms with Crippen molar-refractivity contribution in [2.75, 3.05) is 46.4 Å². The molecular formula is C36H51ClN4O10. The fraction of sp³-hybridized carbons (Fsp3) is 0.611. The van der Waals surface area contributed by atoms with Crippen molar-refractivity contribution in [2.45, 2.75) is 89.1 Å². The number of nitrogens with zero attached hydrogens (tertiary/aromatic N) is 2. The van der Waals surface area contributed by atoms with Crippen LogP contribution in [0, 0.1) is 11.8 Å². The van der Waals surface area contributed by atoms with Crippen LogP contribution in [0.4, 0.5) is 10.5 Å². The van der Waals surface area contributed by atoms with Gasteiger partial charge in [0.05, 0.1) is 31.1 Å². The monoisotopic (exact) mass is 734 g/mol. The van der Waals surface area contributed by atoms with Gasteiger partial charge in [-0.2, -0.15) is 0 Å². The van der Waals surface area contributed by atoms with Gasteiger partial charge in [0.1, 0.15) is 29.0 Å². The molecule has 3 aliphatic rings. The highest BCUT2D eigenvalue weighted by atomic mass is 35.5. The zero-order chi connectivity index (χ0) is 37.8. The zero-order valence-electron chi connectivity index (χ0n) is 30.6. The number of nitrogens with one attached hydrogen (secondary N) is 1. The lowest BCUT2D eigenvalue weighted by Gasteiger charge is -2.42. The van der Waals surface area contributed by atoms with E-state index in [4.69, 9.17) is 41.0 Å². The molecule has 0 spiro atoms. The van der Waals surface area contributed by atoms with Gasteiger partial charge in [0, 0.05) is 58.8 Å². The number of fused-ring (bicyclic) bond motifs is 5. The number of hydrogen-bond donors (Lipinski definition) is 3. The Morgan fingerprint density at radius 1 is 1.27 bits per heavy atom. The number of likely N-dealkylation sites (N-methyl/N-ethyl adjacent to an activating group) is 1. The number of anilines is 1. The van der Waals surface area contributed by atoms with Crippen molar-refractivity contribution in [2.24, 2.45) is 17.6 Å². The van der Waals surface area contributed by atoms with Gasteiger partial charge in [0.25, 0.3) is 0 Å². The number of esters is 1. The number of alkyl carbamates (subject to hydrolysis) is 1. The third-order valence-electron chi connectivity index (χ3n) is 10.3. The van der Waals surface area contributed by atoms with E-state index < -0.39 is 59.6 Å². The minimum absolute atomic E-state index is 0.0203. The van der Waals surface area contributed by atoms with Crippen LogP contribution in [0.3, 0.4) is 0 Å². The van der Waals surface area contributed by atoms with E-state index >= 15 is 0 Å². The van der Waals surface area contributed by atoms with Gasteiger partial charge >= 0.3 is 12.1 Å². The Kier molecular flexibility index (Phi) is 12.8. The number of benzene rings is 1. The van der Waals surface area contributed by atoms with Crippen LogP contribution in [-0.2, 0) is 39.8 Å². The molecule has 1 aromatic carbocycles. The predicted octanol–water partition coefficient (Wildman–Crippen LogP) is 3.11. The summed E-state index contributed by atoms with van der Waals surface area (Å²) in [4.78, 5) is 55.2. The molecule has 4 rings (SSSR count). The Morgan fingerprint density at radius 3 is 2.63 bits per heavy atom. The molecule has 51 heavy (non-hydrogen) atoms. The summed E-state index contributed by atoms with van der Waals surface area (Å²) in [5.74, 6) is -2.04. The highest BCUT2D eigenvalue weighted by molar-refractivity contribution is 6.35. The van der Waals surface area contributed by atoms with Gasteiger partial charge in [0.2, 0.25) is 11.8 Å². The number of allylic oxidation sites excluding steroid dienone is 3. The van der Waals surface area contributed by atoms with Gasteiger partial charge in [-0.25, -0.2) is 9.59 Å². The van der Waals surface area contributed by atoms with Crippen LogP contribution in [-0.4, -0.2) is 111 Å². The molecule has 3 heterocycles. The second kappa shape index (κ2) is 16.3. The van der Waals surface area contributed by atoms with E-state index in [1.54, 1.807) is 32.2 Å². The van der Waals surface area contributed by atoms with E-state index in [2.05, 4.69) is 5.32 Å². The van der Waals surface area contributed by atoms with E-state index in [9.17, 15) is 24.3 Å². The number of carbonyl (C=O) groups is 4. The maximum absolute atomic E-state index is 14.1. The van der Waals surface area contributed by atoms with Crippen molar-refractivity contribution in [3.63, 3.8) is 0 Å². The quantitative estimate of drug-likeness (QED) is 0.264. The average molecular weight is 735 g/mol. The first kappa shape index (κ1) is 40.1. The first-order valence-corrected chi connectivity index (χ1v) is 17.4. The molecule has 3 amide bonds. The van der Waals surface area contributed by atoms with Gasteiger partial charge < -0.3 is 44.3 Å². The highest BCUT2D eigenvalue weighted by Crippen LogP contribution is 2.51. The fourth-order valence-corrected chi connectivity index (χ4v) is 7.08. The molecule has 15 heteroatoms. The smallest absolute Gasteiger partial charge is 0.409 e. The first-order valence-electron chi connectivity index (χ1n) is 17.0. The number of rotatable bonds is 8. The molecule has 2 fully saturated rings. The number of ether oxygens (including phenoxy) is 5. The Labute approximate surface area is 304 Å². The molecule has 14 nitrogen and oxygen atoms in total. The van der Waals surface area contributed by atoms with Gasteiger partial charge in [-0.3, -0.25) is 14.9 Å². The van der Waals surface area contributed by atoms with E-state index in [1.807, 2.05) is 32.9 Å². The number of epoxide rings is 1. The molecule has 4 bridgehead atoms. The van der Waals surface area contributed by atoms with Crippen molar-refractivity contribution in [3.8, 4) is 5.75 Å². The maximum Gasteiger partial charge on any atom is 0.409 e.